The predicted molar refractivity (Wildman–Crippen MR) is 65.0 cm³/mol. The summed E-state index contributed by atoms with van der Waals surface area (Å²) in [6, 6.07) is 0. The van der Waals surface area contributed by atoms with Crippen LogP contribution < -0.4 is 4.90 Å². The number of aromatic nitrogens is 2. The summed E-state index contributed by atoms with van der Waals surface area (Å²) in [7, 11) is 0. The van der Waals surface area contributed by atoms with E-state index in [1.165, 1.54) is 12.8 Å². The molecule has 0 radical (unpaired) electrons. The molecule has 0 spiro atoms. The summed E-state index contributed by atoms with van der Waals surface area (Å²) in [5.74, 6) is 0.992. The van der Waals surface area contributed by atoms with Crippen LogP contribution in [0.2, 0.25) is 0 Å². The molecule has 0 amide bonds. The lowest BCUT2D eigenvalue weighted by atomic mass is 9.84. The second kappa shape index (κ2) is 4.08. The molecule has 2 heterocycles. The number of hydrogen-bond acceptors (Lipinski definition) is 3. The molecule has 0 bridgehead atoms. The van der Waals surface area contributed by atoms with Crippen LogP contribution >= 0.6 is 15.9 Å². The molecule has 0 saturated carbocycles. The highest BCUT2D eigenvalue weighted by molar-refractivity contribution is 9.10. The van der Waals surface area contributed by atoms with Crippen molar-refractivity contribution in [3.05, 3.63) is 17.0 Å². The lowest BCUT2D eigenvalue weighted by Crippen LogP contribution is -2.40. The summed E-state index contributed by atoms with van der Waals surface area (Å²) in [6.07, 6.45) is 6.14. The molecular formula is C11H16BrN3. The van der Waals surface area contributed by atoms with Crippen molar-refractivity contribution in [1.29, 1.82) is 0 Å². The van der Waals surface area contributed by atoms with Gasteiger partial charge in [0.2, 0.25) is 0 Å². The zero-order chi connectivity index (χ0) is 10.9. The summed E-state index contributed by atoms with van der Waals surface area (Å²) in [4.78, 5) is 10.9. The van der Waals surface area contributed by atoms with Crippen LogP contribution in [0.4, 0.5) is 5.82 Å². The maximum Gasteiger partial charge on any atom is 0.147 e. The number of hydrogen-bond donors (Lipinski definition) is 0. The topological polar surface area (TPSA) is 29.0 Å². The molecule has 0 aliphatic carbocycles. The maximum atomic E-state index is 4.38. The fourth-order valence-corrected chi connectivity index (χ4v) is 2.29. The Morgan fingerprint density at radius 1 is 1.33 bits per heavy atom. The lowest BCUT2D eigenvalue weighted by molar-refractivity contribution is 0.292. The summed E-state index contributed by atoms with van der Waals surface area (Å²) in [5, 5.41) is 0. The van der Waals surface area contributed by atoms with E-state index in [1.54, 1.807) is 6.20 Å². The van der Waals surface area contributed by atoms with E-state index in [1.807, 2.05) is 6.20 Å². The van der Waals surface area contributed by atoms with Crippen LogP contribution in [0.15, 0.2) is 17.0 Å². The largest absolute Gasteiger partial charge is 0.355 e. The van der Waals surface area contributed by atoms with Gasteiger partial charge in [0.1, 0.15) is 10.4 Å². The third-order valence-corrected chi connectivity index (χ3v) is 3.24. The van der Waals surface area contributed by atoms with E-state index >= 15 is 0 Å². The van der Waals surface area contributed by atoms with E-state index in [9.17, 15) is 0 Å². The first-order valence-electron chi connectivity index (χ1n) is 5.29. The molecule has 0 N–H and O–H groups in total. The Morgan fingerprint density at radius 2 is 2.13 bits per heavy atom. The van der Waals surface area contributed by atoms with E-state index in [2.05, 4.69) is 44.6 Å². The van der Waals surface area contributed by atoms with E-state index in [4.69, 9.17) is 0 Å². The number of nitrogens with zero attached hydrogens (tertiary/aromatic N) is 3. The minimum Gasteiger partial charge on any atom is -0.355 e. The summed E-state index contributed by atoms with van der Waals surface area (Å²) < 4.78 is 0.794. The third-order valence-electron chi connectivity index (χ3n) is 2.83. The molecule has 0 atom stereocenters. The molecule has 1 aliphatic rings. The molecule has 15 heavy (non-hydrogen) atoms. The van der Waals surface area contributed by atoms with Crippen LogP contribution in [-0.2, 0) is 0 Å². The van der Waals surface area contributed by atoms with Gasteiger partial charge in [-0.05, 0) is 34.2 Å². The van der Waals surface area contributed by atoms with Gasteiger partial charge in [-0.2, -0.15) is 0 Å². The minimum absolute atomic E-state index is 0.396. The van der Waals surface area contributed by atoms with Crippen LogP contribution in [0.25, 0.3) is 0 Å². The van der Waals surface area contributed by atoms with Gasteiger partial charge in [-0.3, -0.25) is 0 Å². The number of halogens is 1. The smallest absolute Gasteiger partial charge is 0.147 e. The number of rotatable bonds is 1. The molecule has 1 aromatic heterocycles. The summed E-state index contributed by atoms with van der Waals surface area (Å²) >= 11 is 3.30. The quantitative estimate of drug-likeness (QED) is 0.785. The van der Waals surface area contributed by atoms with E-state index in [0.29, 0.717) is 5.41 Å². The van der Waals surface area contributed by atoms with Crippen molar-refractivity contribution < 1.29 is 0 Å². The zero-order valence-corrected chi connectivity index (χ0v) is 10.8. The standard InChI is InChI=1S/C11H16BrN3/c1-11(2)4-3-5-15(8-11)10-7-13-9(12)6-14-10/h6-7H,3-5,8H2,1-2H3. The first-order chi connectivity index (χ1) is 7.07. The van der Waals surface area contributed by atoms with E-state index in [0.717, 1.165) is 23.5 Å². The van der Waals surface area contributed by atoms with Crippen molar-refractivity contribution in [2.75, 3.05) is 18.0 Å². The molecule has 3 nitrogen and oxygen atoms in total. The minimum atomic E-state index is 0.396. The molecule has 0 unspecified atom stereocenters. The molecule has 1 aromatic rings. The van der Waals surface area contributed by atoms with Gasteiger partial charge in [-0.25, -0.2) is 9.97 Å². The fraction of sp³-hybridized carbons (Fsp3) is 0.636. The molecule has 1 saturated heterocycles. The van der Waals surface area contributed by atoms with Crippen molar-refractivity contribution >= 4 is 21.7 Å². The molecule has 82 valence electrons. The Labute approximate surface area is 99.0 Å². The maximum absolute atomic E-state index is 4.38. The van der Waals surface area contributed by atoms with Crippen molar-refractivity contribution in [2.45, 2.75) is 26.7 Å². The summed E-state index contributed by atoms with van der Waals surface area (Å²) in [6.45, 7) is 6.79. The van der Waals surface area contributed by atoms with Crippen molar-refractivity contribution in [3.63, 3.8) is 0 Å². The van der Waals surface area contributed by atoms with Gasteiger partial charge in [0, 0.05) is 13.1 Å². The Kier molecular flexibility index (Phi) is 2.96. The van der Waals surface area contributed by atoms with Gasteiger partial charge in [0.05, 0.1) is 12.4 Å². The molecule has 2 rings (SSSR count). The first kappa shape index (κ1) is 10.9. The monoisotopic (exact) mass is 269 g/mol. The average Bonchev–Trinajstić information content (AvgIpc) is 2.17. The second-order valence-electron chi connectivity index (χ2n) is 4.89. The number of anilines is 1. The highest BCUT2D eigenvalue weighted by Crippen LogP contribution is 2.30. The van der Waals surface area contributed by atoms with E-state index < -0.39 is 0 Å². The average molecular weight is 270 g/mol. The first-order valence-corrected chi connectivity index (χ1v) is 6.09. The highest BCUT2D eigenvalue weighted by atomic mass is 79.9. The SMILES string of the molecule is CC1(C)CCCN(c2cnc(Br)cn2)C1. The Morgan fingerprint density at radius 3 is 2.73 bits per heavy atom. The van der Waals surface area contributed by atoms with Crippen LogP contribution in [0.5, 0.6) is 0 Å². The molecule has 4 heteroatoms. The fourth-order valence-electron chi connectivity index (χ4n) is 2.09. The van der Waals surface area contributed by atoms with Crippen molar-refractivity contribution in [2.24, 2.45) is 5.41 Å². The van der Waals surface area contributed by atoms with Crippen LogP contribution in [0.1, 0.15) is 26.7 Å². The highest BCUT2D eigenvalue weighted by Gasteiger charge is 2.26. The van der Waals surface area contributed by atoms with Gasteiger partial charge in [-0.1, -0.05) is 13.8 Å². The van der Waals surface area contributed by atoms with Gasteiger partial charge in [0.15, 0.2) is 0 Å². The second-order valence-corrected chi connectivity index (χ2v) is 5.70. The third kappa shape index (κ3) is 2.68. The van der Waals surface area contributed by atoms with E-state index in [-0.39, 0.29) is 0 Å². The molecular weight excluding hydrogens is 254 g/mol. The molecule has 0 aromatic carbocycles. The number of piperidine rings is 1. The van der Waals surface area contributed by atoms with Crippen molar-refractivity contribution in [3.8, 4) is 0 Å². The molecule has 1 aliphatic heterocycles. The van der Waals surface area contributed by atoms with Gasteiger partial charge in [-0.15, -0.1) is 0 Å². The predicted octanol–water partition coefficient (Wildman–Crippen LogP) is 2.87. The summed E-state index contributed by atoms with van der Waals surface area (Å²) in [5.41, 5.74) is 0.396. The normalized spacial score (nSPS) is 20.3. The zero-order valence-electron chi connectivity index (χ0n) is 9.20. The Hall–Kier alpha value is -0.640. The van der Waals surface area contributed by atoms with Gasteiger partial charge < -0.3 is 4.90 Å². The van der Waals surface area contributed by atoms with Crippen LogP contribution in [0, 0.1) is 5.41 Å². The lowest BCUT2D eigenvalue weighted by Gasteiger charge is -2.38. The Balaban J connectivity index is 2.13. The van der Waals surface area contributed by atoms with Gasteiger partial charge >= 0.3 is 0 Å². The van der Waals surface area contributed by atoms with Crippen LogP contribution in [0.3, 0.4) is 0 Å². The Bertz CT molecular complexity index is 334. The van der Waals surface area contributed by atoms with Gasteiger partial charge in [0.25, 0.3) is 0 Å². The van der Waals surface area contributed by atoms with Crippen molar-refractivity contribution in [1.82, 2.24) is 9.97 Å². The van der Waals surface area contributed by atoms with Crippen LogP contribution in [-0.4, -0.2) is 23.1 Å². The molecule has 1 fully saturated rings.